The van der Waals surface area contributed by atoms with Gasteiger partial charge in [-0.1, -0.05) is 127 Å². The van der Waals surface area contributed by atoms with Gasteiger partial charge in [0.2, 0.25) is 5.89 Å². The molecule has 0 spiro atoms. The normalized spacial score (nSPS) is 11.5. The number of aromatic nitrogens is 1. The quantitative estimate of drug-likeness (QED) is 0.179. The van der Waals surface area contributed by atoms with Gasteiger partial charge in [0.25, 0.3) is 0 Å². The Morgan fingerprint density at radius 3 is 1.92 bits per heavy atom. The minimum absolute atomic E-state index is 0.596. The van der Waals surface area contributed by atoms with E-state index in [0.717, 1.165) is 72.4 Å². The largest absolute Gasteiger partial charge is 0.454 e. The second-order valence-electron chi connectivity index (χ2n) is 12.8. The molecule has 0 aliphatic carbocycles. The first-order chi connectivity index (χ1) is 25.3. The Kier molecular flexibility index (Phi) is 6.78. The minimum Gasteiger partial charge on any atom is -0.454 e. The molecular formula is C47H30N2O2. The molecule has 4 nitrogen and oxygen atoms in total. The van der Waals surface area contributed by atoms with Gasteiger partial charge in [-0.25, -0.2) is 4.98 Å². The number of fused-ring (bicyclic) bond motifs is 5. The van der Waals surface area contributed by atoms with Gasteiger partial charge in [0.15, 0.2) is 11.2 Å². The molecule has 0 fully saturated rings. The van der Waals surface area contributed by atoms with Crippen molar-refractivity contribution in [2.45, 2.75) is 0 Å². The number of rotatable bonds is 6. The fourth-order valence-corrected chi connectivity index (χ4v) is 7.19. The highest BCUT2D eigenvalue weighted by molar-refractivity contribution is 6.13. The Morgan fingerprint density at radius 1 is 0.412 bits per heavy atom. The number of hydrogen-bond donors (Lipinski definition) is 0. The summed E-state index contributed by atoms with van der Waals surface area (Å²) in [5.41, 5.74) is 11.6. The monoisotopic (exact) mass is 654 g/mol. The number of oxazole rings is 1. The highest BCUT2D eigenvalue weighted by atomic mass is 16.4. The summed E-state index contributed by atoms with van der Waals surface area (Å²) in [6.07, 6.45) is 0. The zero-order valence-electron chi connectivity index (χ0n) is 27.5. The summed E-state index contributed by atoms with van der Waals surface area (Å²) in [5, 5.41) is 4.46. The molecule has 0 aliphatic heterocycles. The predicted octanol–water partition coefficient (Wildman–Crippen LogP) is 13.4. The lowest BCUT2D eigenvalue weighted by atomic mass is 9.99. The Balaban J connectivity index is 1.15. The van der Waals surface area contributed by atoms with E-state index < -0.39 is 0 Å². The highest BCUT2D eigenvalue weighted by Gasteiger charge is 2.23. The van der Waals surface area contributed by atoms with Gasteiger partial charge in [0, 0.05) is 33.7 Å². The van der Waals surface area contributed by atoms with E-state index in [0.29, 0.717) is 5.89 Å². The molecule has 0 radical (unpaired) electrons. The van der Waals surface area contributed by atoms with Crippen LogP contribution in [-0.4, -0.2) is 4.98 Å². The molecule has 0 bridgehead atoms. The third-order valence-electron chi connectivity index (χ3n) is 9.69. The maximum atomic E-state index is 6.79. The molecule has 10 rings (SSSR count). The van der Waals surface area contributed by atoms with Gasteiger partial charge in [-0.15, -0.1) is 0 Å². The van der Waals surface area contributed by atoms with Crippen molar-refractivity contribution >= 4 is 60.9 Å². The Morgan fingerprint density at radius 2 is 1.10 bits per heavy atom. The van der Waals surface area contributed by atoms with Crippen molar-refractivity contribution in [2.75, 3.05) is 4.90 Å². The lowest BCUT2D eigenvalue weighted by Gasteiger charge is -2.28. The van der Waals surface area contributed by atoms with Crippen LogP contribution in [0.25, 0.3) is 77.5 Å². The zero-order chi connectivity index (χ0) is 33.7. The van der Waals surface area contributed by atoms with Gasteiger partial charge in [-0.3, -0.25) is 0 Å². The van der Waals surface area contributed by atoms with E-state index in [2.05, 4.69) is 150 Å². The summed E-state index contributed by atoms with van der Waals surface area (Å²) in [6.45, 7) is 0. The Bertz CT molecular complexity index is 2850. The van der Waals surface area contributed by atoms with Crippen LogP contribution in [-0.2, 0) is 0 Å². The molecule has 10 aromatic rings. The van der Waals surface area contributed by atoms with Crippen molar-refractivity contribution in [3.8, 4) is 33.7 Å². The molecule has 0 aliphatic rings. The predicted molar refractivity (Wildman–Crippen MR) is 210 cm³/mol. The summed E-state index contributed by atoms with van der Waals surface area (Å²) in [7, 11) is 0. The second-order valence-corrected chi connectivity index (χ2v) is 12.8. The van der Waals surface area contributed by atoms with E-state index in [1.807, 2.05) is 36.4 Å². The third kappa shape index (κ3) is 5.04. The van der Waals surface area contributed by atoms with Crippen LogP contribution in [0.5, 0.6) is 0 Å². The maximum absolute atomic E-state index is 6.79. The standard InChI is InChI=1S/C47H30N2O2/c1-3-13-33(14-4-1)38-18-9-10-20-42(38)49(37-26-24-32(25-27-37)36-23-22-31-12-7-8-17-35(31)28-36)43-21-11-19-39-40-29-45-41(30-44(40)50-46(39)43)48-47(51-45)34-15-5-2-6-16-34/h1-30H. The lowest BCUT2D eigenvalue weighted by Crippen LogP contribution is -2.11. The van der Waals surface area contributed by atoms with Crippen LogP contribution in [0.15, 0.2) is 191 Å². The van der Waals surface area contributed by atoms with Gasteiger partial charge in [-0.2, -0.15) is 0 Å². The summed E-state index contributed by atoms with van der Waals surface area (Å²) >= 11 is 0. The minimum atomic E-state index is 0.596. The smallest absolute Gasteiger partial charge is 0.227 e. The van der Waals surface area contributed by atoms with Crippen LogP contribution in [0.2, 0.25) is 0 Å². The number of nitrogens with zero attached hydrogens (tertiary/aromatic N) is 2. The van der Waals surface area contributed by atoms with E-state index in [4.69, 9.17) is 13.8 Å². The molecule has 0 amide bonds. The average molecular weight is 655 g/mol. The third-order valence-corrected chi connectivity index (χ3v) is 9.69. The van der Waals surface area contributed by atoms with Crippen LogP contribution in [0.4, 0.5) is 17.1 Å². The van der Waals surface area contributed by atoms with E-state index in [9.17, 15) is 0 Å². The van der Waals surface area contributed by atoms with E-state index in [1.165, 1.54) is 16.3 Å². The average Bonchev–Trinajstić information content (AvgIpc) is 3.79. The van der Waals surface area contributed by atoms with Crippen molar-refractivity contribution in [1.29, 1.82) is 0 Å². The summed E-state index contributed by atoms with van der Waals surface area (Å²) in [6, 6.07) is 63.5. The first-order valence-electron chi connectivity index (χ1n) is 17.1. The number of para-hydroxylation sites is 2. The molecule has 0 N–H and O–H groups in total. The van der Waals surface area contributed by atoms with Crippen molar-refractivity contribution in [2.24, 2.45) is 0 Å². The topological polar surface area (TPSA) is 42.4 Å². The number of furan rings is 1. The van der Waals surface area contributed by atoms with Crippen molar-refractivity contribution in [1.82, 2.24) is 4.98 Å². The van der Waals surface area contributed by atoms with Crippen LogP contribution < -0.4 is 4.90 Å². The van der Waals surface area contributed by atoms with E-state index in [-0.39, 0.29) is 0 Å². The Hall–Kier alpha value is -6.91. The summed E-state index contributed by atoms with van der Waals surface area (Å²) in [4.78, 5) is 7.13. The highest BCUT2D eigenvalue weighted by Crippen LogP contribution is 2.46. The molecule has 51 heavy (non-hydrogen) atoms. The maximum Gasteiger partial charge on any atom is 0.227 e. The number of anilines is 3. The molecule has 2 heterocycles. The van der Waals surface area contributed by atoms with E-state index >= 15 is 0 Å². The van der Waals surface area contributed by atoms with Crippen molar-refractivity contribution in [3.63, 3.8) is 0 Å². The SMILES string of the molecule is c1ccc(-c2nc3cc4oc5c(N(c6ccc(-c7ccc8ccccc8c7)cc6)c6ccccc6-c6ccccc6)cccc5c4cc3o2)cc1. The Labute approximate surface area is 294 Å². The van der Waals surface area contributed by atoms with Gasteiger partial charge >= 0.3 is 0 Å². The van der Waals surface area contributed by atoms with Crippen LogP contribution >= 0.6 is 0 Å². The lowest BCUT2D eigenvalue weighted by molar-refractivity contribution is 0.620. The van der Waals surface area contributed by atoms with Gasteiger partial charge in [0.1, 0.15) is 11.1 Å². The summed E-state index contributed by atoms with van der Waals surface area (Å²) in [5.74, 6) is 0.596. The molecule has 0 saturated carbocycles. The van der Waals surface area contributed by atoms with Gasteiger partial charge in [-0.05, 0) is 76.0 Å². The molecule has 8 aromatic carbocycles. The van der Waals surface area contributed by atoms with Crippen LogP contribution in [0, 0.1) is 0 Å². The molecule has 0 unspecified atom stereocenters. The molecule has 2 aromatic heterocycles. The molecule has 0 saturated heterocycles. The van der Waals surface area contributed by atoms with Crippen molar-refractivity contribution in [3.05, 3.63) is 182 Å². The zero-order valence-corrected chi connectivity index (χ0v) is 27.5. The van der Waals surface area contributed by atoms with Gasteiger partial charge < -0.3 is 13.7 Å². The fraction of sp³-hybridized carbons (Fsp3) is 0. The van der Waals surface area contributed by atoms with Gasteiger partial charge in [0.05, 0.1) is 11.4 Å². The van der Waals surface area contributed by atoms with Crippen LogP contribution in [0.3, 0.4) is 0 Å². The molecule has 240 valence electrons. The fourth-order valence-electron chi connectivity index (χ4n) is 7.19. The second kappa shape index (κ2) is 11.9. The van der Waals surface area contributed by atoms with Crippen LogP contribution in [0.1, 0.15) is 0 Å². The molecular weight excluding hydrogens is 625 g/mol. The summed E-state index contributed by atoms with van der Waals surface area (Å²) < 4.78 is 13.1. The number of benzene rings is 8. The molecule has 4 heteroatoms. The number of hydrogen-bond acceptors (Lipinski definition) is 4. The van der Waals surface area contributed by atoms with E-state index in [1.54, 1.807) is 0 Å². The first-order valence-corrected chi connectivity index (χ1v) is 17.1. The first kappa shape index (κ1) is 29.0. The van der Waals surface area contributed by atoms with Crippen molar-refractivity contribution < 1.29 is 8.83 Å². The molecule has 0 atom stereocenters.